The van der Waals surface area contributed by atoms with Crippen molar-refractivity contribution in [2.45, 2.75) is 95.0 Å². The van der Waals surface area contributed by atoms with E-state index in [1.807, 2.05) is 18.2 Å². The number of carbonyl (C=O) groups excluding carboxylic acids is 5. The molecule has 1 fully saturated rings. The van der Waals surface area contributed by atoms with Gasteiger partial charge in [0.2, 0.25) is 17.8 Å². The van der Waals surface area contributed by atoms with Crippen molar-refractivity contribution in [1.82, 2.24) is 46.6 Å². The molecule has 1 unspecified atom stereocenters. The van der Waals surface area contributed by atoms with Crippen molar-refractivity contribution in [3.05, 3.63) is 231 Å². The number of aliphatic hydroxyl groups excluding tert-OH is 3. The number of halogens is 7. The van der Waals surface area contributed by atoms with Crippen LogP contribution in [0, 0.1) is 22.9 Å². The molecule has 8 aromatic rings. The van der Waals surface area contributed by atoms with Gasteiger partial charge in [-0.3, -0.25) is 34.6 Å². The van der Waals surface area contributed by atoms with Crippen LogP contribution in [-0.2, 0) is 53.2 Å². The number of phenolic OH excluding ortho intramolecular Hbond substituents is 1. The van der Waals surface area contributed by atoms with Crippen LogP contribution in [-0.4, -0.2) is 193 Å². The van der Waals surface area contributed by atoms with E-state index in [9.17, 15) is 78.5 Å². The number of benzene rings is 6. The van der Waals surface area contributed by atoms with Crippen molar-refractivity contribution < 1.29 is 87.3 Å². The van der Waals surface area contributed by atoms with E-state index in [4.69, 9.17) is 89.0 Å². The van der Waals surface area contributed by atoms with Crippen molar-refractivity contribution in [2.24, 2.45) is 15.0 Å². The number of carboxylic acid groups (broad SMARTS) is 3. The molecule has 3 aliphatic heterocycles. The lowest BCUT2D eigenvalue weighted by atomic mass is 9.96. The highest BCUT2D eigenvalue weighted by atomic mass is 35.5. The molecule has 5 heterocycles. The van der Waals surface area contributed by atoms with Gasteiger partial charge in [0.05, 0.1) is 78.2 Å². The van der Waals surface area contributed by atoms with Crippen LogP contribution in [0.4, 0.5) is 10.3 Å². The molecule has 6 aromatic carbocycles. The number of para-hydroxylation sites is 1. The fourth-order valence-corrected chi connectivity index (χ4v) is 14.9. The lowest BCUT2D eigenvalue weighted by molar-refractivity contribution is -0.140. The molecule has 1 saturated heterocycles. The number of phenols is 1. The molecular formula is C80H77Cl6FN14O17. The van der Waals surface area contributed by atoms with E-state index in [1.165, 1.54) is 48.7 Å². The summed E-state index contributed by atoms with van der Waals surface area (Å²) in [6.07, 6.45) is 5.90. The molecule has 11 rings (SSSR count). The van der Waals surface area contributed by atoms with Gasteiger partial charge in [-0.2, -0.15) is 10.5 Å². The zero-order valence-corrected chi connectivity index (χ0v) is 67.1. The number of hydrogen-bond donors (Lipinski definition) is 13. The van der Waals surface area contributed by atoms with Crippen molar-refractivity contribution in [3.8, 4) is 18.1 Å². The first-order valence-electron chi connectivity index (χ1n) is 36.2. The number of aliphatic hydroxyl groups is 3. The zero-order chi connectivity index (χ0) is 85.6. The van der Waals surface area contributed by atoms with Crippen molar-refractivity contribution in [2.75, 3.05) is 52.5 Å². The molecule has 118 heavy (non-hydrogen) atoms. The van der Waals surface area contributed by atoms with Crippen LogP contribution in [0.3, 0.4) is 0 Å². The largest absolute Gasteiger partial charge is 0.508 e. The predicted molar refractivity (Wildman–Crippen MR) is 437 cm³/mol. The highest BCUT2D eigenvalue weighted by molar-refractivity contribution is 6.42. The first kappa shape index (κ1) is 90.1. The first-order chi connectivity index (χ1) is 56.4. The Labute approximate surface area is 703 Å². The average molecular weight is 1740 g/mol. The molecule has 0 radical (unpaired) electrons. The SMILES string of the molecule is C=CC=Nc1ccc(C(=O)N2CCc3c(cc(Cl)c(C(=O)N[C@@H](CN=C(NC#N)N4CC[C@H](O)C4)C(=O)O)c3Cl)C2)o1.C[C@H](O)c1cccc(C[C@H](NC(=O)c2c(Cl)cc3c(c2Cl)CCN(C(=O)c2cc4ccccc4o2)C3)C(=O)O)c1.N#CNC(=NC[C@H](NC(=O)c1c(Cl)cc(CCC(O)c2cccc(O)c2)cc1Cl)C(=O)O)NCCF. The Bertz CT molecular complexity index is 5240. The molecule has 0 saturated carbocycles. The minimum Gasteiger partial charge on any atom is -0.508 e. The van der Waals surface area contributed by atoms with Crippen LogP contribution in [0.1, 0.15) is 129 Å². The number of amides is 5. The normalized spacial score (nSPS) is 15.0. The number of likely N-dealkylation sites (tertiary alicyclic amines) is 1. The summed E-state index contributed by atoms with van der Waals surface area (Å²) in [5.41, 5.74) is 5.46. The maximum Gasteiger partial charge on any atom is 0.328 e. The number of carbonyl (C=O) groups is 8. The van der Waals surface area contributed by atoms with E-state index in [2.05, 4.69) is 53.5 Å². The Balaban J connectivity index is 0.000000203. The Morgan fingerprint density at radius 1 is 0.636 bits per heavy atom. The van der Waals surface area contributed by atoms with E-state index < -0.39 is 91.8 Å². The van der Waals surface area contributed by atoms with E-state index in [-0.39, 0.29) is 139 Å². The number of aryl methyl sites for hydroxylation is 1. The molecule has 31 nitrogen and oxygen atoms in total. The smallest absolute Gasteiger partial charge is 0.328 e. The van der Waals surface area contributed by atoms with Crippen LogP contribution in [0.2, 0.25) is 30.1 Å². The molecule has 0 aliphatic carbocycles. The molecule has 38 heteroatoms. The monoisotopic (exact) mass is 1730 g/mol. The van der Waals surface area contributed by atoms with E-state index in [0.717, 1.165) is 5.39 Å². The summed E-state index contributed by atoms with van der Waals surface area (Å²) in [5.74, 6) is -6.41. The number of carboxylic acids is 3. The molecule has 6 atom stereocenters. The van der Waals surface area contributed by atoms with Crippen LogP contribution in [0.15, 0.2) is 152 Å². The fraction of sp³-hybridized carbons (Fsp3) is 0.287. The van der Waals surface area contributed by atoms with Gasteiger partial charge in [-0.1, -0.05) is 137 Å². The molecule has 2 aromatic heterocycles. The molecule has 13 N–H and O–H groups in total. The van der Waals surface area contributed by atoms with Crippen LogP contribution >= 0.6 is 69.6 Å². The van der Waals surface area contributed by atoms with Gasteiger partial charge in [0.25, 0.3) is 29.5 Å². The van der Waals surface area contributed by atoms with Gasteiger partial charge in [-0.05, 0) is 138 Å². The highest BCUT2D eigenvalue weighted by Gasteiger charge is 2.35. The number of aromatic hydroxyl groups is 1. The second kappa shape index (κ2) is 42.4. The summed E-state index contributed by atoms with van der Waals surface area (Å²) in [6, 6.07) is 27.2. The summed E-state index contributed by atoms with van der Waals surface area (Å²) >= 11 is 38.7. The number of allylic oxidation sites excluding steroid dienone is 1. The molecular weight excluding hydrogens is 1660 g/mol. The van der Waals surface area contributed by atoms with Gasteiger partial charge in [0, 0.05) is 69.9 Å². The van der Waals surface area contributed by atoms with Gasteiger partial charge in [0.1, 0.15) is 36.1 Å². The maximum absolute atomic E-state index is 13.2. The van der Waals surface area contributed by atoms with Gasteiger partial charge >= 0.3 is 17.9 Å². The number of aliphatic imine (C=N–C) groups is 3. The second-order valence-electron chi connectivity index (χ2n) is 26.8. The molecule has 618 valence electrons. The maximum atomic E-state index is 13.2. The number of furan rings is 2. The Morgan fingerprint density at radius 3 is 1.75 bits per heavy atom. The topological polar surface area (TPSA) is 471 Å². The van der Waals surface area contributed by atoms with Crippen LogP contribution in [0.5, 0.6) is 5.75 Å². The number of β-amino-alcohol motifs (C(OH)–C–C–N with tert-alkyl or cyclic N) is 1. The van der Waals surface area contributed by atoms with E-state index in [0.29, 0.717) is 88.9 Å². The Morgan fingerprint density at radius 2 is 1.19 bits per heavy atom. The number of fused-ring (bicyclic) bond motifs is 3. The fourth-order valence-electron chi connectivity index (χ4n) is 12.7. The molecule has 3 aliphatic rings. The number of nitrogens with zero attached hydrogens (tertiary/aromatic N) is 8. The Hall–Kier alpha value is -11.8. The van der Waals surface area contributed by atoms with Gasteiger partial charge < -0.3 is 80.5 Å². The van der Waals surface area contributed by atoms with E-state index >= 15 is 0 Å². The van der Waals surface area contributed by atoms with Gasteiger partial charge in [-0.15, -0.1) is 0 Å². The first-order valence-corrected chi connectivity index (χ1v) is 38.4. The molecule has 0 bridgehead atoms. The number of hydrogen-bond acceptors (Lipinski definition) is 19. The van der Waals surface area contributed by atoms with Crippen molar-refractivity contribution >= 4 is 152 Å². The van der Waals surface area contributed by atoms with Gasteiger partial charge in [0.15, 0.2) is 23.9 Å². The van der Waals surface area contributed by atoms with Crippen LogP contribution < -0.4 is 31.9 Å². The summed E-state index contributed by atoms with van der Waals surface area (Å²) in [6.45, 7) is 5.06. The summed E-state index contributed by atoms with van der Waals surface area (Å²) in [4.78, 5) is 118. The van der Waals surface area contributed by atoms with Crippen LogP contribution in [0.25, 0.3) is 11.0 Å². The lowest BCUT2D eigenvalue weighted by Gasteiger charge is -2.30. The second-order valence-corrected chi connectivity index (χ2v) is 29.1. The third-order valence-corrected chi connectivity index (χ3v) is 20.6. The lowest BCUT2D eigenvalue weighted by Crippen LogP contribution is -2.45. The zero-order valence-electron chi connectivity index (χ0n) is 62.5. The summed E-state index contributed by atoms with van der Waals surface area (Å²) < 4.78 is 23.6. The number of nitrogens with one attached hydrogen (secondary N) is 6. The minimum atomic E-state index is -1.50. The van der Waals surface area contributed by atoms with E-state index in [1.54, 1.807) is 94.7 Å². The summed E-state index contributed by atoms with van der Waals surface area (Å²) in [7, 11) is 0. The third kappa shape index (κ3) is 23.7. The number of guanidine groups is 2. The quantitative estimate of drug-likeness (QED) is 0.0104. The van der Waals surface area contributed by atoms with Gasteiger partial charge in [-0.25, -0.2) is 33.8 Å². The standard InChI is InChI=1S/C30H26Cl2N2O6.C27H27Cl2N7O6.C23H24Cl2FN5O5/c1-16(35)18-7-4-5-17(11-18)12-23(30(38)39)33-28(36)26-22(31)13-20-15-34(10-9-21(20)27(26)32)29(37)25-14-19-6-2-3-8-24(19)40-25;1-2-7-31-21-4-3-20(42-21)25(39)35-9-6-17-15(12-35)10-18(28)22(23(17)29)24(38)34-19(26(40)41)11-32-27(33-14-30)36-8-5-16(37)13-36;24-16-8-13(4-5-19(33)14-2-1-3-15(32)10-14)9-17(25)20(16)21(34)31-18(22(35)36)11-29-23(30-12-27)28-7-6-26/h2-8,11,13-14,16,23,35H,9-10,12,15H2,1H3,(H,33,36)(H,38,39);2-4,7,10,16,19,37H,1,5-6,8-9,11-13H2,(H,32,33)(H,34,38)(H,40,41);1-3,8-10,18-19,32-33H,4-7,11H2,(H,31,34)(H,35,36)(H2,28,29,30)/t16-,23-;16-,19-;18-,19?/m000/s1. The molecule has 0 spiro atoms. The number of aliphatic carboxylic acids is 3. The number of nitriles is 2. The summed E-state index contributed by atoms with van der Waals surface area (Å²) in [5, 5.41) is 101. The third-order valence-electron chi connectivity index (χ3n) is 18.6. The van der Waals surface area contributed by atoms with Crippen molar-refractivity contribution in [1.29, 1.82) is 10.5 Å². The minimum absolute atomic E-state index is 0.000669. The molecule has 5 amide bonds. The number of alkyl halides is 1. The Kier molecular flexibility index (Phi) is 32.3. The highest BCUT2D eigenvalue weighted by Crippen LogP contribution is 2.38. The number of rotatable bonds is 26. The van der Waals surface area contributed by atoms with Crippen molar-refractivity contribution in [3.63, 3.8) is 0 Å². The average Bonchev–Trinajstić information content (AvgIpc) is 1.06. The predicted octanol–water partition coefficient (Wildman–Crippen LogP) is 10.3.